The molecule has 5 heteroatoms. The van der Waals surface area contributed by atoms with E-state index in [1.807, 2.05) is 12.2 Å². The molecule has 0 unspecified atom stereocenters. The normalized spacial score (nSPS) is 11.3. The van der Waals surface area contributed by atoms with E-state index in [2.05, 4.69) is 49.4 Å². The Hall–Kier alpha value is -3.31. The highest BCUT2D eigenvalue weighted by Gasteiger charge is 2.06. The molecular weight excluding hydrogens is 356 g/mol. The first-order chi connectivity index (χ1) is 13.1. The average Bonchev–Trinajstić information content (AvgIpc) is 3.10. The maximum atomic E-state index is 10.7. The van der Waals surface area contributed by atoms with Gasteiger partial charge in [0.2, 0.25) is 0 Å². The molecule has 0 atom stereocenters. The van der Waals surface area contributed by atoms with E-state index < -0.39 is 4.92 Å². The second-order valence-corrected chi connectivity index (χ2v) is 7.32. The zero-order valence-electron chi connectivity index (χ0n) is 14.6. The van der Waals surface area contributed by atoms with Crippen LogP contribution in [0.5, 0.6) is 0 Å². The number of nitro groups is 1. The molecule has 0 N–H and O–H groups in total. The molecule has 0 bridgehead atoms. The standard InChI is InChI=1S/C22H16N2O2S/c1-15-2-13-20-21(14-15)27-22(23-20)18-9-5-16(6-10-18)3-4-17-7-11-19(12-8-17)24(25)26/h2-14H,1H3. The van der Waals surface area contributed by atoms with Gasteiger partial charge < -0.3 is 0 Å². The van der Waals surface area contributed by atoms with Crippen LogP contribution < -0.4 is 0 Å². The number of hydrogen-bond donors (Lipinski definition) is 0. The molecule has 0 radical (unpaired) electrons. The molecule has 0 aliphatic rings. The minimum absolute atomic E-state index is 0.0996. The van der Waals surface area contributed by atoms with Gasteiger partial charge >= 0.3 is 0 Å². The number of hydrogen-bond acceptors (Lipinski definition) is 4. The first kappa shape index (κ1) is 17.1. The molecule has 4 aromatic rings. The minimum atomic E-state index is -0.393. The number of benzene rings is 3. The van der Waals surface area contributed by atoms with Crippen LogP contribution in [0.25, 0.3) is 32.9 Å². The maximum absolute atomic E-state index is 10.7. The number of nitrogens with zero attached hydrogens (tertiary/aromatic N) is 2. The van der Waals surface area contributed by atoms with E-state index >= 15 is 0 Å². The highest BCUT2D eigenvalue weighted by molar-refractivity contribution is 7.21. The Morgan fingerprint density at radius 1 is 0.926 bits per heavy atom. The number of nitro benzene ring substituents is 1. The number of rotatable bonds is 4. The maximum Gasteiger partial charge on any atom is 0.269 e. The van der Waals surface area contributed by atoms with Gasteiger partial charge in [-0.2, -0.15) is 0 Å². The van der Waals surface area contributed by atoms with Crippen LogP contribution in [0.1, 0.15) is 16.7 Å². The van der Waals surface area contributed by atoms with Crippen LogP contribution >= 0.6 is 11.3 Å². The third-order valence-corrected chi connectivity index (χ3v) is 5.34. The predicted octanol–water partition coefficient (Wildman–Crippen LogP) is 6.35. The van der Waals surface area contributed by atoms with Gasteiger partial charge in [0.25, 0.3) is 5.69 Å². The molecule has 0 aliphatic carbocycles. The van der Waals surface area contributed by atoms with Crippen LogP contribution in [0.3, 0.4) is 0 Å². The molecule has 0 saturated carbocycles. The number of aromatic nitrogens is 1. The Balaban J connectivity index is 1.53. The second-order valence-electron chi connectivity index (χ2n) is 6.29. The summed E-state index contributed by atoms with van der Waals surface area (Å²) in [5.74, 6) is 0. The molecule has 0 fully saturated rings. The van der Waals surface area contributed by atoms with E-state index in [-0.39, 0.29) is 5.69 Å². The quantitative estimate of drug-likeness (QED) is 0.238. The van der Waals surface area contributed by atoms with Gasteiger partial charge in [-0.1, -0.05) is 42.5 Å². The monoisotopic (exact) mass is 372 g/mol. The molecule has 4 rings (SSSR count). The lowest BCUT2D eigenvalue weighted by atomic mass is 10.1. The Bertz CT molecular complexity index is 1140. The Morgan fingerprint density at radius 3 is 2.19 bits per heavy atom. The van der Waals surface area contributed by atoms with Crippen molar-refractivity contribution >= 4 is 39.4 Å². The van der Waals surface area contributed by atoms with Crippen molar-refractivity contribution in [1.82, 2.24) is 4.98 Å². The third kappa shape index (κ3) is 3.78. The van der Waals surface area contributed by atoms with Crippen LogP contribution in [0, 0.1) is 17.0 Å². The molecule has 0 amide bonds. The Labute approximate surface area is 160 Å². The fraction of sp³-hybridized carbons (Fsp3) is 0.0455. The zero-order valence-corrected chi connectivity index (χ0v) is 15.4. The summed E-state index contributed by atoms with van der Waals surface area (Å²) in [5.41, 5.74) is 5.45. The highest BCUT2D eigenvalue weighted by atomic mass is 32.1. The van der Waals surface area contributed by atoms with Gasteiger partial charge in [0.05, 0.1) is 15.1 Å². The number of non-ortho nitro benzene ring substituents is 1. The molecule has 132 valence electrons. The van der Waals surface area contributed by atoms with E-state index in [1.165, 1.54) is 22.4 Å². The SMILES string of the molecule is Cc1ccc2nc(-c3ccc(C=Cc4ccc([N+](=O)[O-])cc4)cc3)sc2c1. The lowest BCUT2D eigenvalue weighted by Crippen LogP contribution is -1.86. The largest absolute Gasteiger partial charge is 0.269 e. The van der Waals surface area contributed by atoms with Crippen molar-refractivity contribution in [2.24, 2.45) is 0 Å². The van der Waals surface area contributed by atoms with Crippen molar-refractivity contribution in [3.8, 4) is 10.6 Å². The van der Waals surface area contributed by atoms with Crippen molar-refractivity contribution in [3.63, 3.8) is 0 Å². The Morgan fingerprint density at radius 2 is 1.56 bits per heavy atom. The lowest BCUT2D eigenvalue weighted by Gasteiger charge is -1.98. The molecule has 0 spiro atoms. The number of aryl methyl sites for hydroxylation is 1. The summed E-state index contributed by atoms with van der Waals surface area (Å²) in [6, 6.07) is 21.1. The fourth-order valence-corrected chi connectivity index (χ4v) is 3.86. The van der Waals surface area contributed by atoms with Gasteiger partial charge in [0, 0.05) is 17.7 Å². The summed E-state index contributed by atoms with van der Waals surface area (Å²) < 4.78 is 1.20. The minimum Gasteiger partial charge on any atom is -0.258 e. The van der Waals surface area contributed by atoms with Crippen molar-refractivity contribution in [2.75, 3.05) is 0 Å². The third-order valence-electron chi connectivity index (χ3n) is 4.27. The number of thiazole rings is 1. The van der Waals surface area contributed by atoms with Crippen LogP contribution in [-0.4, -0.2) is 9.91 Å². The van der Waals surface area contributed by atoms with Gasteiger partial charge in [-0.3, -0.25) is 10.1 Å². The molecule has 0 saturated heterocycles. The van der Waals surface area contributed by atoms with Crippen molar-refractivity contribution in [2.45, 2.75) is 6.92 Å². The summed E-state index contributed by atoms with van der Waals surface area (Å²) in [6.45, 7) is 2.09. The molecule has 4 nitrogen and oxygen atoms in total. The van der Waals surface area contributed by atoms with E-state index in [1.54, 1.807) is 23.5 Å². The van der Waals surface area contributed by atoms with Crippen molar-refractivity contribution in [3.05, 3.63) is 93.5 Å². The summed E-state index contributed by atoms with van der Waals surface area (Å²) in [7, 11) is 0. The first-order valence-electron chi connectivity index (χ1n) is 8.49. The molecule has 1 heterocycles. The van der Waals surface area contributed by atoms with Gasteiger partial charge in [0.1, 0.15) is 5.01 Å². The molecule has 27 heavy (non-hydrogen) atoms. The topological polar surface area (TPSA) is 56.0 Å². The second kappa shape index (κ2) is 7.13. The van der Waals surface area contributed by atoms with E-state index in [4.69, 9.17) is 4.98 Å². The van der Waals surface area contributed by atoms with Gasteiger partial charge in [-0.05, 0) is 47.9 Å². The van der Waals surface area contributed by atoms with E-state index in [9.17, 15) is 10.1 Å². The van der Waals surface area contributed by atoms with Gasteiger partial charge in [-0.25, -0.2) is 4.98 Å². The van der Waals surface area contributed by atoms with Crippen LogP contribution in [0.15, 0.2) is 66.7 Å². The van der Waals surface area contributed by atoms with Crippen LogP contribution in [-0.2, 0) is 0 Å². The summed E-state index contributed by atoms with van der Waals surface area (Å²) in [5, 5.41) is 11.7. The first-order valence-corrected chi connectivity index (χ1v) is 9.30. The van der Waals surface area contributed by atoms with Crippen molar-refractivity contribution in [1.29, 1.82) is 0 Å². The van der Waals surface area contributed by atoms with Crippen LogP contribution in [0.2, 0.25) is 0 Å². The molecule has 3 aromatic carbocycles. The van der Waals surface area contributed by atoms with E-state index in [0.29, 0.717) is 0 Å². The zero-order chi connectivity index (χ0) is 18.8. The average molecular weight is 372 g/mol. The van der Waals surface area contributed by atoms with Gasteiger partial charge in [0.15, 0.2) is 0 Å². The molecule has 1 aromatic heterocycles. The number of fused-ring (bicyclic) bond motifs is 1. The summed E-state index contributed by atoms with van der Waals surface area (Å²) >= 11 is 1.70. The fourth-order valence-electron chi connectivity index (χ4n) is 2.79. The van der Waals surface area contributed by atoms with Gasteiger partial charge in [-0.15, -0.1) is 11.3 Å². The Kier molecular flexibility index (Phi) is 4.52. The predicted molar refractivity (Wildman–Crippen MR) is 112 cm³/mol. The summed E-state index contributed by atoms with van der Waals surface area (Å²) in [4.78, 5) is 15.0. The molecular formula is C22H16N2O2S. The highest BCUT2D eigenvalue weighted by Crippen LogP contribution is 2.31. The molecule has 0 aliphatic heterocycles. The lowest BCUT2D eigenvalue weighted by molar-refractivity contribution is -0.384. The summed E-state index contributed by atoms with van der Waals surface area (Å²) in [6.07, 6.45) is 3.94. The van der Waals surface area contributed by atoms with Crippen molar-refractivity contribution < 1.29 is 4.92 Å². The van der Waals surface area contributed by atoms with Crippen LogP contribution in [0.4, 0.5) is 5.69 Å². The van der Waals surface area contributed by atoms with E-state index in [0.717, 1.165) is 27.2 Å². The smallest absolute Gasteiger partial charge is 0.258 e.